The van der Waals surface area contributed by atoms with Gasteiger partial charge < -0.3 is 5.32 Å². The first-order valence-electron chi connectivity index (χ1n) is 9.11. The second-order valence-electron chi connectivity index (χ2n) is 7.26. The molecule has 13 nitrogen and oxygen atoms in total. The van der Waals surface area contributed by atoms with E-state index in [1.807, 2.05) is 6.92 Å². The van der Waals surface area contributed by atoms with Crippen LogP contribution >= 0.6 is 0 Å². The molecule has 0 fully saturated rings. The molecule has 1 aromatic heterocycles. The number of sulfonamides is 2. The van der Waals surface area contributed by atoms with E-state index in [4.69, 9.17) is 28.9 Å². The minimum Gasteiger partial charge on any atom is -0.319 e. The third-order valence-electron chi connectivity index (χ3n) is 4.30. The fourth-order valence-electron chi connectivity index (χ4n) is 3.07. The third-order valence-corrected chi connectivity index (χ3v) is 6.20. The van der Waals surface area contributed by atoms with E-state index < -0.39 is 63.4 Å². The number of pyridine rings is 1. The Balaban J connectivity index is 0.00000118. The predicted octanol–water partition coefficient (Wildman–Crippen LogP) is -3.90. The maximum Gasteiger partial charge on any atom is 0.417 e. The van der Waals surface area contributed by atoms with Crippen LogP contribution in [-0.2, 0) is 37.6 Å². The van der Waals surface area contributed by atoms with Crippen LogP contribution in [0.1, 0.15) is 22.5 Å². The summed E-state index contributed by atoms with van der Waals surface area (Å²) in [5, 5.41) is 11.9. The molecule has 36 heavy (non-hydrogen) atoms. The van der Waals surface area contributed by atoms with E-state index in [2.05, 4.69) is 5.32 Å². The number of anilines is 1. The lowest BCUT2D eigenvalue weighted by Gasteiger charge is -2.17. The average molecular weight is 581 g/mol. The lowest BCUT2D eigenvalue weighted by molar-refractivity contribution is -2.00. The van der Waals surface area contributed by atoms with Crippen LogP contribution in [0, 0.1) is 31.0 Å². The number of benzene rings is 1. The molecule has 0 saturated carbocycles. The van der Waals surface area contributed by atoms with Crippen LogP contribution in [0.3, 0.4) is 0 Å². The van der Waals surface area contributed by atoms with E-state index in [-0.39, 0.29) is 18.7 Å². The molecule has 0 spiro atoms. The fraction of sp³-hybridized carbons (Fsp3) is 0.294. The number of nitrogens with two attached hydrogens (primary N) is 2. The third kappa shape index (κ3) is 9.56. The van der Waals surface area contributed by atoms with E-state index in [9.17, 15) is 34.8 Å². The maximum absolute atomic E-state index is 13.4. The Morgan fingerprint density at radius 1 is 0.917 bits per heavy atom. The Labute approximate surface area is 205 Å². The Bertz CT molecular complexity index is 1350. The van der Waals surface area contributed by atoms with Gasteiger partial charge in [0.15, 0.2) is 11.4 Å². The number of hydrogen-bond donors (Lipinski definition) is 3. The minimum absolute atomic E-state index is 0.177. The number of nitrogens with zero attached hydrogens (tertiary/aromatic N) is 1. The van der Waals surface area contributed by atoms with E-state index in [1.54, 1.807) is 30.5 Å². The number of nitrogens with one attached hydrogen (secondary N) is 1. The van der Waals surface area contributed by atoms with Crippen molar-refractivity contribution in [3.8, 4) is 0 Å². The van der Waals surface area contributed by atoms with E-state index in [0.717, 1.165) is 5.56 Å². The van der Waals surface area contributed by atoms with Crippen LogP contribution in [0.2, 0.25) is 0 Å². The maximum atomic E-state index is 13.4. The molecule has 0 atom stereocenters. The van der Waals surface area contributed by atoms with Crippen molar-refractivity contribution in [2.24, 2.45) is 10.3 Å². The van der Waals surface area contributed by atoms with Crippen LogP contribution in [0.5, 0.6) is 0 Å². The van der Waals surface area contributed by atoms with Crippen LogP contribution < -0.4 is 38.8 Å². The second kappa shape index (κ2) is 10.9. The predicted molar refractivity (Wildman–Crippen MR) is 104 cm³/mol. The summed E-state index contributed by atoms with van der Waals surface area (Å²) in [6.07, 6.45) is -5.21. The number of aromatic nitrogens is 1. The largest absolute Gasteiger partial charge is 0.417 e. The van der Waals surface area contributed by atoms with Crippen LogP contribution in [0.25, 0.3) is 0 Å². The van der Waals surface area contributed by atoms with Crippen LogP contribution in [-0.4, -0.2) is 22.7 Å². The molecular weight excluding hydrogens is 561 g/mol. The summed E-state index contributed by atoms with van der Waals surface area (Å²) in [5.74, 6) is -0.860. The lowest BCUT2D eigenvalue weighted by Crippen LogP contribution is -2.68. The van der Waals surface area contributed by atoms with Gasteiger partial charge in [-0.15, -0.1) is 10.2 Å². The first-order chi connectivity index (χ1) is 15.9. The first-order valence-corrected chi connectivity index (χ1v) is 13.4. The zero-order valence-electron chi connectivity index (χ0n) is 18.6. The monoisotopic (exact) mass is 580 g/mol. The zero-order valence-corrected chi connectivity index (χ0v) is 21.0. The summed E-state index contributed by atoms with van der Waals surface area (Å²) in [6.45, 7) is 4.92. The Morgan fingerprint density at radius 3 is 1.69 bits per heavy atom. The van der Waals surface area contributed by atoms with Gasteiger partial charge in [-0.05, 0) is 24.6 Å². The standard InChI is InChI=1S/C17H19F3N4O5S2.ClHO4/c1-9-4-10(2)24(11(3)5-9)8-16(25)23-13-6-12(17(18,19)20)14(30(21,26)27)7-15(13)31(22,28)29;2-1(3,4)5/h4-7H,8H2,1-3H3,(H4-,21,22,23,25,26,27,28,29);(H,2,3,4,5). The number of carbonyl (C=O) groups is 1. The lowest BCUT2D eigenvalue weighted by atomic mass is 10.2. The molecule has 0 radical (unpaired) electrons. The molecule has 0 aliphatic rings. The van der Waals surface area contributed by atoms with E-state index >= 15 is 0 Å². The Morgan fingerprint density at radius 2 is 1.33 bits per heavy atom. The van der Waals surface area contributed by atoms with Crippen molar-refractivity contribution in [3.63, 3.8) is 0 Å². The van der Waals surface area contributed by atoms with Gasteiger partial charge in [-0.25, -0.2) is 45.7 Å². The van der Waals surface area contributed by atoms with Gasteiger partial charge in [-0.3, -0.25) is 4.79 Å². The average Bonchev–Trinajstić information content (AvgIpc) is 2.60. The molecule has 0 aliphatic heterocycles. The molecule has 202 valence electrons. The highest BCUT2D eigenvalue weighted by Gasteiger charge is 2.38. The number of aryl methyl sites for hydroxylation is 3. The number of halogens is 4. The smallest absolute Gasteiger partial charge is 0.319 e. The van der Waals surface area contributed by atoms with Crippen molar-refractivity contribution in [2.45, 2.75) is 43.3 Å². The highest BCUT2D eigenvalue weighted by Crippen LogP contribution is 2.38. The minimum atomic E-state index is -5.21. The Hall–Kier alpha value is -2.42. The van der Waals surface area contributed by atoms with Crippen LogP contribution in [0.4, 0.5) is 18.9 Å². The summed E-state index contributed by atoms with van der Waals surface area (Å²) in [7, 11) is -14.6. The van der Waals surface area contributed by atoms with Gasteiger partial charge in [0.25, 0.3) is 5.91 Å². The summed E-state index contributed by atoms with van der Waals surface area (Å²) < 4.78 is 123. The molecule has 2 rings (SSSR count). The second-order valence-corrected chi connectivity index (χ2v) is 11.1. The fourth-order valence-corrected chi connectivity index (χ4v) is 4.61. The van der Waals surface area contributed by atoms with Crippen molar-refractivity contribution >= 4 is 31.6 Å². The molecule has 5 N–H and O–H groups in total. The van der Waals surface area contributed by atoms with Crippen molar-refractivity contribution in [1.29, 1.82) is 0 Å². The summed E-state index contributed by atoms with van der Waals surface area (Å²) >= 11 is 0. The van der Waals surface area contributed by atoms with Crippen LogP contribution in [0.15, 0.2) is 34.1 Å². The number of primary sulfonamides is 2. The molecule has 0 aliphatic carbocycles. The van der Waals surface area contributed by atoms with Gasteiger partial charge in [0.05, 0.1) is 16.1 Å². The van der Waals surface area contributed by atoms with Gasteiger partial charge in [0.1, 0.15) is 4.90 Å². The van der Waals surface area contributed by atoms with Crippen molar-refractivity contribution in [3.05, 3.63) is 46.8 Å². The molecule has 0 unspecified atom stereocenters. The van der Waals surface area contributed by atoms with Gasteiger partial charge >= 0.3 is 6.18 Å². The first kappa shape index (κ1) is 31.6. The molecule has 0 bridgehead atoms. The zero-order chi connectivity index (χ0) is 28.4. The normalized spacial score (nSPS) is 12.6. The Kier molecular flexibility index (Phi) is 9.58. The number of rotatable bonds is 5. The van der Waals surface area contributed by atoms with Crippen molar-refractivity contribution < 1.29 is 68.2 Å². The van der Waals surface area contributed by atoms with Gasteiger partial charge in [-0.1, -0.05) is 0 Å². The number of carbonyl (C=O) groups excluding carboxylic acids is 1. The summed E-state index contributed by atoms with van der Waals surface area (Å²) in [4.78, 5) is 9.99. The van der Waals surface area contributed by atoms with Crippen molar-refractivity contribution in [1.82, 2.24) is 0 Å². The number of hydrogen-bond acceptors (Lipinski definition) is 9. The van der Waals surface area contributed by atoms with Gasteiger partial charge in [0.2, 0.25) is 26.6 Å². The molecule has 1 heterocycles. The highest BCUT2D eigenvalue weighted by molar-refractivity contribution is 7.90. The quantitative estimate of drug-likeness (QED) is 0.292. The number of alkyl halides is 3. The number of amides is 1. The van der Waals surface area contributed by atoms with Gasteiger partial charge in [-0.2, -0.15) is 17.7 Å². The topological polar surface area (TPSA) is 246 Å². The highest BCUT2D eigenvalue weighted by atomic mass is 35.7. The molecule has 2 aromatic rings. The van der Waals surface area contributed by atoms with Gasteiger partial charge in [0, 0.05) is 26.0 Å². The molecule has 1 amide bonds. The molecule has 1 aromatic carbocycles. The summed E-state index contributed by atoms with van der Waals surface area (Å²) in [5.41, 5.74) is -0.278. The van der Waals surface area contributed by atoms with E-state index in [0.29, 0.717) is 11.4 Å². The van der Waals surface area contributed by atoms with E-state index in [1.165, 1.54) is 0 Å². The molecule has 0 saturated heterocycles. The molecule has 19 heteroatoms. The molecular formula is C17H20ClF3N4O9S2. The SMILES string of the molecule is Cc1cc(C)[n+](CC(=O)Nc2cc(C(F)(F)F)c(S(N)(=O)=O)cc2S(N)(=O)=O)c(C)c1.[O-][Cl+3]([O-])([O-])[O-]. The summed E-state index contributed by atoms with van der Waals surface area (Å²) in [6, 6.07) is 3.91. The van der Waals surface area contributed by atoms with Crippen molar-refractivity contribution in [2.75, 3.05) is 5.32 Å².